The first-order valence-electron chi connectivity index (χ1n) is 10.6. The Bertz CT molecular complexity index is 1070. The topological polar surface area (TPSA) is 71.6 Å². The lowest BCUT2D eigenvalue weighted by atomic mass is 9.94. The molecule has 0 bridgehead atoms. The van der Waals surface area contributed by atoms with Gasteiger partial charge in [0.1, 0.15) is 0 Å². The molecule has 0 aliphatic carbocycles. The van der Waals surface area contributed by atoms with Crippen LogP contribution < -0.4 is 25.4 Å². The summed E-state index contributed by atoms with van der Waals surface area (Å²) in [7, 11) is 0. The molecule has 0 fully saturated rings. The summed E-state index contributed by atoms with van der Waals surface area (Å²) in [6.07, 6.45) is -0.0377. The minimum atomic E-state index is -0.493. The number of thiocarbonyl (C=S) groups is 1. The maximum Gasteiger partial charge on any atom is 0.251 e. The monoisotopic (exact) mass is 595 g/mol. The van der Waals surface area contributed by atoms with Crippen LogP contribution in [0.1, 0.15) is 44.9 Å². The van der Waals surface area contributed by atoms with Crippen LogP contribution in [0.3, 0.4) is 0 Å². The van der Waals surface area contributed by atoms with E-state index >= 15 is 0 Å². The Morgan fingerprint density at radius 1 is 1.21 bits per heavy atom. The highest BCUT2D eigenvalue weighted by Crippen LogP contribution is 2.46. The molecular weight excluding hydrogens is 570 g/mol. The zero-order valence-electron chi connectivity index (χ0n) is 18.9. The fourth-order valence-electron chi connectivity index (χ4n) is 3.52. The van der Waals surface area contributed by atoms with Crippen LogP contribution in [-0.2, 0) is 11.3 Å². The number of allylic oxidation sites excluding steroid dienone is 1. The molecule has 176 valence electrons. The van der Waals surface area contributed by atoms with Gasteiger partial charge < -0.3 is 25.4 Å². The number of halogens is 2. The Morgan fingerprint density at radius 2 is 1.91 bits per heavy atom. The standard InChI is InChI=1S/C24H27Br2N3O3S/c1-5-31-17-11-16(19(25)20(26)22(17)32-13(2)3)21-18(14(4)28-24(33)29-21)23(30)27-12-15-9-7-6-8-10-15/h6-11,13,21H,5,12H2,1-4H3,(H,27,30)(H2,28,29,33)/t21-/m0/s1. The normalized spacial score (nSPS) is 15.7. The van der Waals surface area contributed by atoms with Gasteiger partial charge in [-0.1, -0.05) is 30.3 Å². The molecule has 3 rings (SSSR count). The second-order valence-corrected chi connectivity index (χ2v) is 9.75. The number of carbonyl (C=O) groups is 1. The van der Waals surface area contributed by atoms with Crippen LogP contribution in [0, 0.1) is 0 Å². The summed E-state index contributed by atoms with van der Waals surface area (Å²) in [6.45, 7) is 8.57. The van der Waals surface area contributed by atoms with Gasteiger partial charge in [-0.2, -0.15) is 0 Å². The highest BCUT2D eigenvalue weighted by molar-refractivity contribution is 9.13. The first-order chi connectivity index (χ1) is 15.7. The highest BCUT2D eigenvalue weighted by Gasteiger charge is 2.33. The summed E-state index contributed by atoms with van der Waals surface area (Å²) in [5.41, 5.74) is 3.06. The summed E-state index contributed by atoms with van der Waals surface area (Å²) in [5.74, 6) is 1.01. The fraction of sp³-hybridized carbons (Fsp3) is 0.333. The second kappa shape index (κ2) is 11.4. The van der Waals surface area contributed by atoms with Crippen molar-refractivity contribution < 1.29 is 14.3 Å². The largest absolute Gasteiger partial charge is 0.490 e. The predicted molar refractivity (Wildman–Crippen MR) is 141 cm³/mol. The predicted octanol–water partition coefficient (Wildman–Crippen LogP) is 5.51. The van der Waals surface area contributed by atoms with E-state index in [2.05, 4.69) is 47.8 Å². The van der Waals surface area contributed by atoms with E-state index in [-0.39, 0.29) is 12.0 Å². The van der Waals surface area contributed by atoms with E-state index < -0.39 is 6.04 Å². The number of amides is 1. The Morgan fingerprint density at radius 3 is 2.55 bits per heavy atom. The molecule has 2 aromatic carbocycles. The molecule has 0 aromatic heterocycles. The van der Waals surface area contributed by atoms with Gasteiger partial charge in [-0.25, -0.2) is 0 Å². The average molecular weight is 597 g/mol. The Balaban J connectivity index is 2.02. The van der Waals surface area contributed by atoms with Gasteiger partial charge >= 0.3 is 0 Å². The number of benzene rings is 2. The van der Waals surface area contributed by atoms with Crippen molar-refractivity contribution in [2.24, 2.45) is 0 Å². The lowest BCUT2D eigenvalue weighted by Crippen LogP contribution is -2.46. The van der Waals surface area contributed by atoms with Crippen molar-refractivity contribution in [1.82, 2.24) is 16.0 Å². The zero-order chi connectivity index (χ0) is 24.1. The van der Waals surface area contributed by atoms with Gasteiger partial charge in [-0.15, -0.1) is 0 Å². The lowest BCUT2D eigenvalue weighted by molar-refractivity contribution is -0.118. The van der Waals surface area contributed by atoms with Crippen LogP contribution in [0.4, 0.5) is 0 Å². The molecule has 9 heteroatoms. The van der Waals surface area contributed by atoms with Gasteiger partial charge in [0.15, 0.2) is 16.6 Å². The Hall–Kier alpha value is -2.10. The molecule has 1 aliphatic heterocycles. The van der Waals surface area contributed by atoms with E-state index in [1.807, 2.05) is 64.1 Å². The van der Waals surface area contributed by atoms with Crippen molar-refractivity contribution in [2.75, 3.05) is 6.61 Å². The van der Waals surface area contributed by atoms with Gasteiger partial charge in [0.05, 0.1) is 28.8 Å². The third kappa shape index (κ3) is 6.07. The van der Waals surface area contributed by atoms with Gasteiger partial charge in [0.25, 0.3) is 5.91 Å². The van der Waals surface area contributed by atoms with Crippen LogP contribution in [0.5, 0.6) is 11.5 Å². The molecule has 6 nitrogen and oxygen atoms in total. The summed E-state index contributed by atoms with van der Waals surface area (Å²) >= 11 is 12.8. The first kappa shape index (κ1) is 25.5. The van der Waals surface area contributed by atoms with Crippen molar-refractivity contribution >= 4 is 55.1 Å². The third-order valence-electron chi connectivity index (χ3n) is 4.93. The Kier molecular flexibility index (Phi) is 8.78. The van der Waals surface area contributed by atoms with Crippen molar-refractivity contribution in [2.45, 2.75) is 46.4 Å². The first-order valence-corrected chi connectivity index (χ1v) is 12.6. The molecule has 0 radical (unpaired) electrons. The molecule has 1 heterocycles. The van der Waals surface area contributed by atoms with E-state index in [4.69, 9.17) is 21.7 Å². The highest BCUT2D eigenvalue weighted by atomic mass is 79.9. The molecule has 2 aromatic rings. The van der Waals surface area contributed by atoms with E-state index in [1.54, 1.807) is 0 Å². The van der Waals surface area contributed by atoms with Crippen molar-refractivity contribution in [3.8, 4) is 11.5 Å². The number of carbonyl (C=O) groups excluding carboxylic acids is 1. The maximum atomic E-state index is 13.3. The smallest absolute Gasteiger partial charge is 0.251 e. The van der Waals surface area contributed by atoms with Crippen LogP contribution in [0.15, 0.2) is 56.6 Å². The van der Waals surface area contributed by atoms with Crippen molar-refractivity contribution in [1.29, 1.82) is 0 Å². The van der Waals surface area contributed by atoms with E-state index in [0.29, 0.717) is 45.5 Å². The van der Waals surface area contributed by atoms with Crippen LogP contribution in [0.2, 0.25) is 0 Å². The van der Waals surface area contributed by atoms with Gasteiger partial charge in [0, 0.05) is 16.7 Å². The third-order valence-corrected chi connectivity index (χ3v) is 7.29. The molecule has 0 saturated carbocycles. The van der Waals surface area contributed by atoms with Crippen LogP contribution >= 0.6 is 44.1 Å². The summed E-state index contributed by atoms with van der Waals surface area (Å²) in [4.78, 5) is 13.3. The lowest BCUT2D eigenvalue weighted by Gasteiger charge is -2.32. The molecule has 0 saturated heterocycles. The molecular formula is C24H27Br2N3O3S. The van der Waals surface area contributed by atoms with E-state index in [9.17, 15) is 4.79 Å². The van der Waals surface area contributed by atoms with E-state index in [0.717, 1.165) is 15.6 Å². The maximum absolute atomic E-state index is 13.3. The molecule has 0 spiro atoms. The second-order valence-electron chi connectivity index (χ2n) is 7.76. The van der Waals surface area contributed by atoms with Crippen molar-refractivity contribution in [3.05, 3.63) is 67.7 Å². The SMILES string of the molecule is CCOc1cc([C@@H]2NC(=S)NC(C)=C2C(=O)NCc2ccccc2)c(Br)c(Br)c1OC(C)C. The van der Waals surface area contributed by atoms with Crippen LogP contribution in [-0.4, -0.2) is 23.7 Å². The number of ether oxygens (including phenoxy) is 2. The molecule has 3 N–H and O–H groups in total. The molecule has 0 unspecified atom stereocenters. The summed E-state index contributed by atoms with van der Waals surface area (Å²) < 4.78 is 13.4. The Labute approximate surface area is 216 Å². The minimum Gasteiger partial charge on any atom is -0.490 e. The van der Waals surface area contributed by atoms with E-state index in [1.165, 1.54) is 0 Å². The quantitative estimate of drug-likeness (QED) is 0.349. The summed E-state index contributed by atoms with van der Waals surface area (Å²) in [6, 6.07) is 11.2. The summed E-state index contributed by atoms with van der Waals surface area (Å²) in [5, 5.41) is 9.79. The number of hydrogen-bond donors (Lipinski definition) is 3. The number of hydrogen-bond acceptors (Lipinski definition) is 4. The van der Waals surface area contributed by atoms with Gasteiger partial charge in [0.2, 0.25) is 0 Å². The number of rotatable bonds is 8. The molecule has 1 atom stereocenters. The number of nitrogens with one attached hydrogen (secondary N) is 3. The van der Waals surface area contributed by atoms with Gasteiger partial charge in [-0.05, 0) is 89.0 Å². The molecule has 1 amide bonds. The van der Waals surface area contributed by atoms with Gasteiger partial charge in [-0.3, -0.25) is 4.79 Å². The van der Waals surface area contributed by atoms with Crippen molar-refractivity contribution in [3.63, 3.8) is 0 Å². The average Bonchev–Trinajstić information content (AvgIpc) is 2.77. The zero-order valence-corrected chi connectivity index (χ0v) is 22.9. The molecule has 1 aliphatic rings. The van der Waals surface area contributed by atoms with Crippen LogP contribution in [0.25, 0.3) is 0 Å². The molecule has 33 heavy (non-hydrogen) atoms. The minimum absolute atomic E-state index is 0.0377. The fourth-order valence-corrected chi connectivity index (χ4v) is 4.84.